The van der Waals surface area contributed by atoms with Gasteiger partial charge >= 0.3 is 0 Å². The van der Waals surface area contributed by atoms with Crippen LogP contribution in [0.25, 0.3) is 0 Å². The lowest BCUT2D eigenvalue weighted by molar-refractivity contribution is 0.104. The highest BCUT2D eigenvalue weighted by Gasteiger charge is 1.99. The van der Waals surface area contributed by atoms with Crippen LogP contribution in [-0.2, 0) is 4.74 Å². The highest BCUT2D eigenvalue weighted by molar-refractivity contribution is 6.04. The number of methoxy groups -OCH3 is 1. The lowest BCUT2D eigenvalue weighted by Crippen LogP contribution is -1.94. The number of carbonyl (C=O) groups is 1. The molecule has 1 aromatic carbocycles. The molecule has 68 valence electrons. The van der Waals surface area contributed by atoms with E-state index in [1.807, 2.05) is 0 Å². The molecule has 0 fully saturated rings. The van der Waals surface area contributed by atoms with E-state index in [4.69, 9.17) is 5.73 Å². The summed E-state index contributed by atoms with van der Waals surface area (Å²) in [7, 11) is 1.49. The molecule has 0 aliphatic rings. The van der Waals surface area contributed by atoms with Gasteiger partial charge in [0.25, 0.3) is 0 Å². The molecule has 3 nitrogen and oxygen atoms in total. The summed E-state index contributed by atoms with van der Waals surface area (Å²) in [5.74, 6) is -0.0955. The molecule has 13 heavy (non-hydrogen) atoms. The van der Waals surface area contributed by atoms with Gasteiger partial charge in [0.1, 0.15) is 0 Å². The largest absolute Gasteiger partial charge is 0.504 e. The van der Waals surface area contributed by atoms with Crippen LogP contribution in [0.1, 0.15) is 10.4 Å². The molecule has 0 saturated carbocycles. The maximum absolute atomic E-state index is 11.3. The second-order valence-corrected chi connectivity index (χ2v) is 2.52. The number of hydrogen-bond donors (Lipinski definition) is 1. The number of rotatable bonds is 3. The minimum Gasteiger partial charge on any atom is -0.504 e. The zero-order valence-electron chi connectivity index (χ0n) is 7.36. The number of carbonyl (C=O) groups excluding carboxylic acids is 1. The number of allylic oxidation sites excluding steroid dienone is 1. The van der Waals surface area contributed by atoms with E-state index in [9.17, 15) is 4.79 Å². The van der Waals surface area contributed by atoms with Crippen LogP contribution in [0.2, 0.25) is 0 Å². The fourth-order valence-corrected chi connectivity index (χ4v) is 0.873. The first-order valence-electron chi connectivity index (χ1n) is 3.83. The van der Waals surface area contributed by atoms with Gasteiger partial charge in [-0.2, -0.15) is 0 Å². The predicted molar refractivity (Wildman–Crippen MR) is 51.3 cm³/mol. The second-order valence-electron chi connectivity index (χ2n) is 2.52. The van der Waals surface area contributed by atoms with E-state index in [0.717, 1.165) is 0 Å². The van der Waals surface area contributed by atoms with Gasteiger partial charge in [0.05, 0.1) is 13.4 Å². The quantitative estimate of drug-likeness (QED) is 0.330. The standard InChI is InChI=1S/C10H11NO2/c1-13-7-6-10(12)8-2-4-9(11)5-3-8/h2-7H,11H2,1H3. The number of ketones is 1. The zero-order valence-corrected chi connectivity index (χ0v) is 7.36. The lowest BCUT2D eigenvalue weighted by atomic mass is 10.1. The summed E-state index contributed by atoms with van der Waals surface area (Å²) in [6, 6.07) is 6.73. The van der Waals surface area contributed by atoms with Crippen molar-refractivity contribution >= 4 is 11.5 Å². The average Bonchev–Trinajstić information content (AvgIpc) is 2.15. The monoisotopic (exact) mass is 177 g/mol. The summed E-state index contributed by atoms with van der Waals surface area (Å²) in [4.78, 5) is 11.3. The van der Waals surface area contributed by atoms with Crippen molar-refractivity contribution in [3.8, 4) is 0 Å². The van der Waals surface area contributed by atoms with Crippen molar-refractivity contribution in [1.29, 1.82) is 0 Å². The summed E-state index contributed by atoms with van der Waals surface area (Å²) < 4.78 is 4.63. The normalized spacial score (nSPS) is 10.2. The van der Waals surface area contributed by atoms with E-state index in [1.54, 1.807) is 24.3 Å². The van der Waals surface area contributed by atoms with E-state index in [0.29, 0.717) is 11.3 Å². The minimum atomic E-state index is -0.0955. The van der Waals surface area contributed by atoms with Gasteiger partial charge in [-0.05, 0) is 24.3 Å². The summed E-state index contributed by atoms with van der Waals surface area (Å²) in [6.07, 6.45) is 2.71. The number of ether oxygens (including phenoxy) is 1. The van der Waals surface area contributed by atoms with Crippen molar-refractivity contribution < 1.29 is 9.53 Å². The predicted octanol–water partition coefficient (Wildman–Crippen LogP) is 1.61. The van der Waals surface area contributed by atoms with Gasteiger partial charge in [-0.25, -0.2) is 0 Å². The number of benzene rings is 1. The minimum absolute atomic E-state index is 0.0955. The van der Waals surface area contributed by atoms with Crippen molar-refractivity contribution in [2.45, 2.75) is 0 Å². The van der Waals surface area contributed by atoms with Crippen LogP contribution in [0, 0.1) is 0 Å². The van der Waals surface area contributed by atoms with Crippen LogP contribution in [0.5, 0.6) is 0 Å². The highest BCUT2D eigenvalue weighted by Crippen LogP contribution is 2.06. The molecule has 0 aliphatic carbocycles. The van der Waals surface area contributed by atoms with Crippen LogP contribution in [-0.4, -0.2) is 12.9 Å². The molecule has 0 unspecified atom stereocenters. The molecule has 0 radical (unpaired) electrons. The molecule has 0 bridgehead atoms. The molecule has 1 aromatic rings. The number of anilines is 1. The Balaban J connectivity index is 2.78. The van der Waals surface area contributed by atoms with Crippen molar-refractivity contribution in [3.05, 3.63) is 42.2 Å². The third-order valence-corrected chi connectivity index (χ3v) is 1.55. The zero-order chi connectivity index (χ0) is 9.68. The first-order chi connectivity index (χ1) is 6.24. The Bertz CT molecular complexity index is 314. The number of nitrogens with two attached hydrogens (primary N) is 1. The molecule has 0 spiro atoms. The Labute approximate surface area is 76.8 Å². The van der Waals surface area contributed by atoms with E-state index < -0.39 is 0 Å². The Hall–Kier alpha value is -1.77. The Kier molecular flexibility index (Phi) is 3.09. The Morgan fingerprint density at radius 2 is 2.00 bits per heavy atom. The van der Waals surface area contributed by atoms with Crippen molar-refractivity contribution in [3.63, 3.8) is 0 Å². The smallest absolute Gasteiger partial charge is 0.188 e. The summed E-state index contributed by atoms with van der Waals surface area (Å²) in [6.45, 7) is 0. The van der Waals surface area contributed by atoms with Crippen LogP contribution >= 0.6 is 0 Å². The van der Waals surface area contributed by atoms with Crippen LogP contribution in [0.4, 0.5) is 5.69 Å². The third kappa shape index (κ3) is 2.63. The number of hydrogen-bond acceptors (Lipinski definition) is 3. The first-order valence-corrected chi connectivity index (χ1v) is 3.83. The maximum atomic E-state index is 11.3. The second kappa shape index (κ2) is 4.30. The summed E-state index contributed by atoms with van der Waals surface area (Å²) >= 11 is 0. The topological polar surface area (TPSA) is 52.3 Å². The maximum Gasteiger partial charge on any atom is 0.188 e. The molecule has 0 aliphatic heterocycles. The molecule has 1 rings (SSSR count). The van der Waals surface area contributed by atoms with E-state index in [1.165, 1.54) is 19.4 Å². The van der Waals surface area contributed by atoms with Gasteiger partial charge in [-0.15, -0.1) is 0 Å². The van der Waals surface area contributed by atoms with Gasteiger partial charge in [-0.1, -0.05) is 0 Å². The lowest BCUT2D eigenvalue weighted by Gasteiger charge is -1.96. The molecular formula is C10H11NO2. The number of nitrogen functional groups attached to an aromatic ring is 1. The first kappa shape index (κ1) is 9.32. The van der Waals surface area contributed by atoms with E-state index in [-0.39, 0.29) is 5.78 Å². The van der Waals surface area contributed by atoms with Gasteiger partial charge in [0, 0.05) is 17.3 Å². The van der Waals surface area contributed by atoms with Gasteiger partial charge in [-0.3, -0.25) is 4.79 Å². The molecule has 0 atom stereocenters. The SMILES string of the molecule is COC=CC(=O)c1ccc(N)cc1. The molecule has 0 heterocycles. The van der Waals surface area contributed by atoms with E-state index in [2.05, 4.69) is 4.74 Å². The molecule has 0 saturated heterocycles. The fraction of sp³-hybridized carbons (Fsp3) is 0.100. The van der Waals surface area contributed by atoms with E-state index >= 15 is 0 Å². The molecule has 0 amide bonds. The van der Waals surface area contributed by atoms with Crippen LogP contribution in [0.3, 0.4) is 0 Å². The summed E-state index contributed by atoms with van der Waals surface area (Å²) in [5, 5.41) is 0. The van der Waals surface area contributed by atoms with Crippen molar-refractivity contribution in [2.24, 2.45) is 0 Å². The van der Waals surface area contributed by atoms with Gasteiger partial charge in [0.2, 0.25) is 0 Å². The molecule has 3 heteroatoms. The van der Waals surface area contributed by atoms with Crippen LogP contribution in [0.15, 0.2) is 36.6 Å². The van der Waals surface area contributed by atoms with Crippen molar-refractivity contribution in [2.75, 3.05) is 12.8 Å². The Morgan fingerprint density at radius 1 is 1.38 bits per heavy atom. The van der Waals surface area contributed by atoms with Gasteiger partial charge in [0.15, 0.2) is 5.78 Å². The Morgan fingerprint density at radius 3 is 2.54 bits per heavy atom. The third-order valence-electron chi connectivity index (χ3n) is 1.55. The van der Waals surface area contributed by atoms with Crippen LogP contribution < -0.4 is 5.73 Å². The van der Waals surface area contributed by atoms with Crippen molar-refractivity contribution in [1.82, 2.24) is 0 Å². The van der Waals surface area contributed by atoms with Gasteiger partial charge < -0.3 is 10.5 Å². The molecular weight excluding hydrogens is 166 g/mol. The fourth-order valence-electron chi connectivity index (χ4n) is 0.873. The highest BCUT2D eigenvalue weighted by atomic mass is 16.5. The summed E-state index contributed by atoms with van der Waals surface area (Å²) in [5.41, 5.74) is 6.72. The average molecular weight is 177 g/mol. The molecule has 2 N–H and O–H groups in total. The molecule has 0 aromatic heterocycles.